The molecule has 0 radical (unpaired) electrons. The summed E-state index contributed by atoms with van der Waals surface area (Å²) in [5.41, 5.74) is 2.30. The van der Waals surface area contributed by atoms with Gasteiger partial charge in [0.05, 0.1) is 11.0 Å². The zero-order chi connectivity index (χ0) is 18.7. The first-order valence-electron chi connectivity index (χ1n) is 8.45. The summed E-state index contributed by atoms with van der Waals surface area (Å²) in [7, 11) is -3.61. The molecule has 9 heteroatoms. The molecule has 1 aromatic carbocycles. The van der Waals surface area contributed by atoms with Crippen LogP contribution in [-0.2, 0) is 23.0 Å². The number of aliphatic hydroxyl groups is 1. The van der Waals surface area contributed by atoms with E-state index in [4.69, 9.17) is 0 Å². The van der Waals surface area contributed by atoms with E-state index in [1.807, 2.05) is 0 Å². The average molecular weight is 378 g/mol. The van der Waals surface area contributed by atoms with E-state index < -0.39 is 16.1 Å². The van der Waals surface area contributed by atoms with Gasteiger partial charge in [-0.15, -0.1) is 0 Å². The molecule has 1 aromatic heterocycles. The van der Waals surface area contributed by atoms with Crippen LogP contribution in [0.1, 0.15) is 35.0 Å². The second kappa shape index (κ2) is 7.56. The Morgan fingerprint density at radius 1 is 1.38 bits per heavy atom. The second-order valence-corrected chi connectivity index (χ2v) is 8.18. The van der Waals surface area contributed by atoms with E-state index in [-0.39, 0.29) is 17.3 Å². The number of nitrogens with zero attached hydrogens (tertiary/aromatic N) is 2. The van der Waals surface area contributed by atoms with Crippen molar-refractivity contribution in [2.75, 3.05) is 13.1 Å². The van der Waals surface area contributed by atoms with Crippen LogP contribution in [0.4, 0.5) is 0 Å². The number of carbonyl (C=O) groups excluding carboxylic acids is 1. The first-order chi connectivity index (χ1) is 12.4. The molecule has 1 aliphatic heterocycles. The van der Waals surface area contributed by atoms with Gasteiger partial charge in [-0.1, -0.05) is 6.07 Å². The van der Waals surface area contributed by atoms with Gasteiger partial charge in [-0.05, 0) is 49.1 Å². The maximum Gasteiger partial charge on any atom is 0.272 e. The van der Waals surface area contributed by atoms with Crippen LogP contribution in [0, 0.1) is 0 Å². The zero-order valence-electron chi connectivity index (χ0n) is 14.5. The highest BCUT2D eigenvalue weighted by molar-refractivity contribution is 7.89. The van der Waals surface area contributed by atoms with Gasteiger partial charge in [0.15, 0.2) is 0 Å². The van der Waals surface area contributed by atoms with Crippen molar-refractivity contribution in [2.24, 2.45) is 0 Å². The smallest absolute Gasteiger partial charge is 0.272 e. The monoisotopic (exact) mass is 378 g/mol. The highest BCUT2D eigenvalue weighted by atomic mass is 32.2. The normalized spacial score (nSPS) is 15.5. The predicted octanol–water partition coefficient (Wildman–Crippen LogP) is 0.657. The molecule has 3 rings (SSSR count). The topological polar surface area (TPSA) is 115 Å². The van der Waals surface area contributed by atoms with Crippen LogP contribution in [0.15, 0.2) is 35.4 Å². The number of aromatic nitrogens is 2. The van der Waals surface area contributed by atoms with Crippen molar-refractivity contribution >= 4 is 15.9 Å². The van der Waals surface area contributed by atoms with Gasteiger partial charge in [0.1, 0.15) is 5.69 Å². The third kappa shape index (κ3) is 4.12. The van der Waals surface area contributed by atoms with Gasteiger partial charge in [-0.25, -0.2) is 13.1 Å². The lowest BCUT2D eigenvalue weighted by Gasteiger charge is -2.28. The van der Waals surface area contributed by atoms with E-state index in [9.17, 15) is 18.3 Å². The molecule has 0 spiro atoms. The summed E-state index contributed by atoms with van der Waals surface area (Å²) in [6.07, 6.45) is 1.92. The number of hydrogen-bond acceptors (Lipinski definition) is 5. The molecule has 0 fully saturated rings. The number of fused-ring (bicyclic) bond motifs is 1. The number of H-pyrrole nitrogens is 1. The van der Waals surface area contributed by atoms with Crippen LogP contribution in [0.3, 0.4) is 0 Å². The van der Waals surface area contributed by atoms with E-state index in [2.05, 4.69) is 14.9 Å². The van der Waals surface area contributed by atoms with Crippen molar-refractivity contribution in [3.05, 3.63) is 47.3 Å². The summed E-state index contributed by atoms with van der Waals surface area (Å²) in [4.78, 5) is 14.3. The Balaban J connectivity index is 1.71. The Labute approximate surface area is 152 Å². The van der Waals surface area contributed by atoms with Crippen LogP contribution in [-0.4, -0.2) is 53.7 Å². The number of hydrogen-bond donors (Lipinski definition) is 3. The number of amides is 1. The fourth-order valence-corrected chi connectivity index (χ4v) is 4.00. The zero-order valence-corrected chi connectivity index (χ0v) is 15.3. The molecule has 2 heterocycles. The van der Waals surface area contributed by atoms with E-state index in [1.165, 1.54) is 6.20 Å². The molecule has 2 aromatic rings. The lowest BCUT2D eigenvalue weighted by Crippen LogP contribution is -2.36. The lowest BCUT2D eigenvalue weighted by molar-refractivity contribution is 0.0728. The van der Waals surface area contributed by atoms with Crippen LogP contribution >= 0.6 is 0 Å². The van der Waals surface area contributed by atoms with Crippen molar-refractivity contribution in [2.45, 2.75) is 37.3 Å². The number of aromatic amines is 1. The number of nitrogens with one attached hydrogen (secondary N) is 2. The Kier molecular flexibility index (Phi) is 5.40. The Bertz CT molecular complexity index is 878. The molecule has 1 amide bonds. The summed E-state index contributed by atoms with van der Waals surface area (Å²) in [6.45, 7) is 2.75. The van der Waals surface area contributed by atoms with Crippen molar-refractivity contribution in [3.8, 4) is 0 Å². The van der Waals surface area contributed by atoms with Gasteiger partial charge < -0.3 is 10.0 Å². The molecule has 1 atom stereocenters. The summed E-state index contributed by atoms with van der Waals surface area (Å²) in [6, 6.07) is 6.60. The molecule has 140 valence electrons. The third-order valence-corrected chi connectivity index (χ3v) is 5.83. The van der Waals surface area contributed by atoms with Gasteiger partial charge in [-0.3, -0.25) is 9.89 Å². The number of carbonyl (C=O) groups is 1. The van der Waals surface area contributed by atoms with Crippen molar-refractivity contribution in [3.63, 3.8) is 0 Å². The number of rotatable bonds is 6. The molecule has 1 aliphatic rings. The van der Waals surface area contributed by atoms with Crippen molar-refractivity contribution in [1.29, 1.82) is 0 Å². The molecule has 1 unspecified atom stereocenters. The van der Waals surface area contributed by atoms with Crippen LogP contribution in [0.2, 0.25) is 0 Å². The van der Waals surface area contributed by atoms with E-state index >= 15 is 0 Å². The van der Waals surface area contributed by atoms with Gasteiger partial charge in [0.25, 0.3) is 5.91 Å². The molecule has 3 N–H and O–H groups in total. The van der Waals surface area contributed by atoms with E-state index in [0.29, 0.717) is 31.6 Å². The SMILES string of the molecule is CC(O)CCNS(=O)(=O)c1ccc2c(c1)CCN(C(=O)c1ccn[nH]1)C2. The molecule has 0 aliphatic carbocycles. The maximum absolute atomic E-state index is 12.4. The summed E-state index contributed by atoms with van der Waals surface area (Å²) in [5.74, 6) is -0.121. The Morgan fingerprint density at radius 3 is 2.88 bits per heavy atom. The van der Waals surface area contributed by atoms with Crippen LogP contribution < -0.4 is 4.72 Å². The summed E-state index contributed by atoms with van der Waals surface area (Å²) < 4.78 is 27.2. The fraction of sp³-hybridized carbons (Fsp3) is 0.412. The molecule has 0 bridgehead atoms. The minimum absolute atomic E-state index is 0.121. The molecular weight excluding hydrogens is 356 g/mol. The fourth-order valence-electron chi connectivity index (χ4n) is 2.90. The Hall–Kier alpha value is -2.23. The van der Waals surface area contributed by atoms with Gasteiger partial charge in [0, 0.05) is 25.8 Å². The summed E-state index contributed by atoms with van der Waals surface area (Å²) >= 11 is 0. The molecule has 8 nitrogen and oxygen atoms in total. The first kappa shape index (κ1) is 18.6. The molecule has 0 saturated heterocycles. The average Bonchev–Trinajstić information content (AvgIpc) is 3.14. The number of aliphatic hydroxyl groups excluding tert-OH is 1. The minimum Gasteiger partial charge on any atom is -0.393 e. The first-order valence-corrected chi connectivity index (χ1v) is 9.93. The maximum atomic E-state index is 12.4. The number of benzene rings is 1. The van der Waals surface area contributed by atoms with Gasteiger partial charge in [-0.2, -0.15) is 5.10 Å². The minimum atomic E-state index is -3.61. The van der Waals surface area contributed by atoms with Crippen LogP contribution in [0.25, 0.3) is 0 Å². The van der Waals surface area contributed by atoms with Gasteiger partial charge >= 0.3 is 0 Å². The Morgan fingerprint density at radius 2 is 2.19 bits per heavy atom. The summed E-state index contributed by atoms with van der Waals surface area (Å²) in [5, 5.41) is 15.7. The highest BCUT2D eigenvalue weighted by Gasteiger charge is 2.24. The molecule has 0 saturated carbocycles. The largest absolute Gasteiger partial charge is 0.393 e. The van der Waals surface area contributed by atoms with E-state index in [0.717, 1.165) is 11.1 Å². The predicted molar refractivity (Wildman–Crippen MR) is 95.0 cm³/mol. The second-order valence-electron chi connectivity index (χ2n) is 6.41. The number of sulfonamides is 1. The molecule has 26 heavy (non-hydrogen) atoms. The van der Waals surface area contributed by atoms with Crippen molar-refractivity contribution in [1.82, 2.24) is 19.8 Å². The molecular formula is C17H22N4O4S. The quantitative estimate of drug-likeness (QED) is 0.683. The lowest BCUT2D eigenvalue weighted by atomic mass is 9.99. The van der Waals surface area contributed by atoms with Crippen molar-refractivity contribution < 1.29 is 18.3 Å². The third-order valence-electron chi connectivity index (χ3n) is 4.37. The van der Waals surface area contributed by atoms with Crippen LogP contribution in [0.5, 0.6) is 0 Å². The standard InChI is InChI=1S/C17H22N4O4S/c1-12(22)4-8-19-26(24,25)15-3-2-14-11-21(9-6-13(14)10-15)17(23)16-5-7-18-20-16/h2-3,5,7,10,12,19,22H,4,6,8-9,11H2,1H3,(H,18,20). The highest BCUT2D eigenvalue weighted by Crippen LogP contribution is 2.23. The van der Waals surface area contributed by atoms with E-state index in [1.54, 1.807) is 36.1 Å². The van der Waals surface area contributed by atoms with Gasteiger partial charge in [0.2, 0.25) is 10.0 Å².